The van der Waals surface area contributed by atoms with E-state index in [0.717, 1.165) is 51.4 Å². The zero-order valence-electron chi connectivity index (χ0n) is 30.5. The van der Waals surface area contributed by atoms with Crippen molar-refractivity contribution in [2.45, 2.75) is 151 Å². The van der Waals surface area contributed by atoms with Crippen LogP contribution in [0, 0.1) is 47.3 Å². The summed E-state index contributed by atoms with van der Waals surface area (Å²) in [4.78, 5) is 50.9. The van der Waals surface area contributed by atoms with Gasteiger partial charge in [0.05, 0.1) is 23.7 Å². The van der Waals surface area contributed by atoms with Crippen LogP contribution in [-0.2, 0) is 41.0 Å². The Labute approximate surface area is 296 Å². The van der Waals surface area contributed by atoms with E-state index in [1.54, 1.807) is 0 Å². The van der Waals surface area contributed by atoms with Crippen LogP contribution in [-0.4, -0.2) is 57.6 Å². The van der Waals surface area contributed by atoms with Crippen molar-refractivity contribution in [3.8, 4) is 0 Å². The van der Waals surface area contributed by atoms with E-state index in [9.17, 15) is 19.2 Å². The summed E-state index contributed by atoms with van der Waals surface area (Å²) in [7, 11) is -10.5. The third kappa shape index (κ3) is 5.73. The topological polar surface area (TPSA) is 114 Å². The Morgan fingerprint density at radius 2 is 0.878 bits per heavy atom. The van der Waals surface area contributed by atoms with Crippen LogP contribution >= 0.6 is 0 Å². The fourth-order valence-electron chi connectivity index (χ4n) is 13.4. The zero-order chi connectivity index (χ0) is 34.7. The first-order chi connectivity index (χ1) is 23.1. The van der Waals surface area contributed by atoms with Gasteiger partial charge in [-0.1, -0.05) is 38.5 Å². The Balaban J connectivity index is 1.09. The van der Waals surface area contributed by atoms with E-state index < -0.39 is 33.8 Å². The smallest absolute Gasteiger partial charge is 0.325 e. The third-order valence-corrected chi connectivity index (χ3v) is 34.0. The molecule has 2 heterocycles. The van der Waals surface area contributed by atoms with E-state index in [-0.39, 0.29) is 71.2 Å². The quantitative estimate of drug-likeness (QED) is 0.126. The van der Waals surface area contributed by atoms with Gasteiger partial charge in [0.1, 0.15) is 0 Å². The molecule has 0 spiro atoms. The average molecular weight is 747 g/mol. The van der Waals surface area contributed by atoms with Crippen LogP contribution in [0.1, 0.15) is 89.9 Å². The Bertz CT molecular complexity index is 1370. The second kappa shape index (κ2) is 12.3. The summed E-state index contributed by atoms with van der Waals surface area (Å²) in [5, 5.41) is 0. The van der Waals surface area contributed by atoms with E-state index in [0.29, 0.717) is 22.2 Å². The van der Waals surface area contributed by atoms with Crippen LogP contribution in [0.15, 0.2) is 0 Å². The minimum absolute atomic E-state index is 0.164. The van der Waals surface area contributed by atoms with Gasteiger partial charge in [-0.25, -0.2) is 0 Å². The molecular formula is C36H58O9Si4. The van der Waals surface area contributed by atoms with Crippen molar-refractivity contribution in [3.05, 3.63) is 0 Å². The first-order valence-corrected chi connectivity index (χ1v) is 30.5. The van der Waals surface area contributed by atoms with Crippen LogP contribution in [0.3, 0.4) is 0 Å². The highest BCUT2D eigenvalue weighted by Gasteiger charge is 2.69. The van der Waals surface area contributed by atoms with Crippen molar-refractivity contribution in [1.82, 2.24) is 0 Å². The van der Waals surface area contributed by atoms with Gasteiger partial charge in [-0.2, -0.15) is 0 Å². The number of rotatable bonds is 10. The highest BCUT2D eigenvalue weighted by Crippen LogP contribution is 2.65. The molecule has 0 N–H and O–H groups in total. The molecule has 8 rings (SSSR count). The fourth-order valence-corrected chi connectivity index (χ4v) is 37.4. The minimum atomic E-state index is -2.90. The maximum atomic E-state index is 12.9. The van der Waals surface area contributed by atoms with Gasteiger partial charge in [-0.05, 0) is 125 Å². The Morgan fingerprint density at radius 1 is 0.490 bits per heavy atom. The molecule has 9 nitrogen and oxygen atoms in total. The normalized spacial score (nSPS) is 39.9. The summed E-state index contributed by atoms with van der Waals surface area (Å²) in [6.45, 7) is 14.0. The van der Waals surface area contributed by atoms with Gasteiger partial charge in [0, 0.05) is 11.1 Å². The molecule has 10 atom stereocenters. The van der Waals surface area contributed by atoms with Gasteiger partial charge in [-0.15, -0.1) is 0 Å². The van der Waals surface area contributed by atoms with Crippen LogP contribution in [0.25, 0.3) is 0 Å². The highest BCUT2D eigenvalue weighted by molar-refractivity contribution is 6.92. The predicted molar refractivity (Wildman–Crippen MR) is 191 cm³/mol. The Hall–Kier alpha value is -0.972. The largest absolute Gasteiger partial charge is 0.436 e. The molecule has 2 saturated heterocycles. The van der Waals surface area contributed by atoms with E-state index in [1.807, 2.05) is 0 Å². The SMILES string of the molecule is C[Si](C)(O[Si](C)(C)C1CC2CC1C1C(=O)OC(=O)C21)O[Si](O[Si](C)(C)C1CC2CC1C1C(=O)OC(=O)C21)(C1CCCCC1)C1CCCCC1. The number of ether oxygens (including phenoxy) is 2. The van der Waals surface area contributed by atoms with Crippen LogP contribution in [0.4, 0.5) is 0 Å². The number of fused-ring (bicyclic) bond motifs is 10. The molecule has 272 valence electrons. The van der Waals surface area contributed by atoms with Crippen molar-refractivity contribution in [1.29, 1.82) is 0 Å². The molecule has 8 fully saturated rings. The molecule has 0 aromatic rings. The minimum Gasteiger partial charge on any atom is -0.436 e. The van der Waals surface area contributed by atoms with Crippen molar-refractivity contribution >= 4 is 57.6 Å². The number of hydrogen-bond acceptors (Lipinski definition) is 9. The number of cyclic esters (lactones) is 4. The lowest BCUT2D eigenvalue weighted by Gasteiger charge is -2.54. The van der Waals surface area contributed by atoms with E-state index in [4.69, 9.17) is 21.8 Å². The lowest BCUT2D eigenvalue weighted by molar-refractivity contribution is -0.156. The van der Waals surface area contributed by atoms with E-state index >= 15 is 0 Å². The molecule has 13 heteroatoms. The van der Waals surface area contributed by atoms with Crippen LogP contribution in [0.2, 0.25) is 61.4 Å². The monoisotopic (exact) mass is 746 g/mol. The lowest BCUT2D eigenvalue weighted by Crippen LogP contribution is -2.65. The predicted octanol–water partition coefficient (Wildman–Crippen LogP) is 7.71. The summed E-state index contributed by atoms with van der Waals surface area (Å²) in [6.07, 6.45) is 15.8. The molecule has 8 aliphatic rings. The van der Waals surface area contributed by atoms with E-state index in [1.165, 1.54) is 38.5 Å². The van der Waals surface area contributed by atoms with Gasteiger partial charge in [0.2, 0.25) is 0 Å². The molecule has 6 aliphatic carbocycles. The number of esters is 4. The molecule has 10 unspecified atom stereocenters. The summed E-state index contributed by atoms with van der Waals surface area (Å²) >= 11 is 0. The second-order valence-electron chi connectivity index (χ2n) is 18.9. The molecule has 6 saturated carbocycles. The molecule has 2 aliphatic heterocycles. The first-order valence-electron chi connectivity index (χ1n) is 19.7. The molecule has 0 aromatic heterocycles. The maximum absolute atomic E-state index is 12.9. The van der Waals surface area contributed by atoms with Gasteiger partial charge < -0.3 is 21.8 Å². The standard InChI is InChI=1S/C36H58O9Si4/c1-46(2,27-19-21-17-25(27)31-29(21)33(37)41-35(31)39)43-48(5,6)45-49(23-13-9-7-10-14-23,24-15-11-8-12-16-24)44-47(3,4)28-20-22-18-26(28)32-30(22)34(38)42-36(32)40/h21-32H,7-20H2,1-6H3. The molecule has 49 heavy (non-hydrogen) atoms. The third-order valence-electron chi connectivity index (χ3n) is 15.0. The van der Waals surface area contributed by atoms with Crippen LogP contribution in [0.5, 0.6) is 0 Å². The lowest BCUT2D eigenvalue weighted by atomic mass is 9.81. The first kappa shape index (κ1) is 35.1. The van der Waals surface area contributed by atoms with Crippen molar-refractivity contribution in [3.63, 3.8) is 0 Å². The molecular weight excluding hydrogens is 689 g/mol. The maximum Gasteiger partial charge on any atom is 0.325 e. The van der Waals surface area contributed by atoms with Crippen molar-refractivity contribution < 1.29 is 41.0 Å². The number of carbonyl (C=O) groups excluding carboxylic acids is 4. The Kier molecular flexibility index (Phi) is 8.80. The second-order valence-corrected chi connectivity index (χ2v) is 35.1. The molecule has 0 radical (unpaired) electrons. The summed E-state index contributed by atoms with van der Waals surface area (Å²) in [5.74, 6) is -1.50. The average Bonchev–Trinajstić information content (AvgIpc) is 3.88. The molecule has 0 aromatic carbocycles. The fraction of sp³-hybridized carbons (Fsp3) is 0.889. The molecule has 0 amide bonds. The van der Waals surface area contributed by atoms with Crippen molar-refractivity contribution in [2.75, 3.05) is 0 Å². The molecule has 4 bridgehead atoms. The number of carbonyl (C=O) groups is 4. The van der Waals surface area contributed by atoms with Gasteiger partial charge in [0.25, 0.3) is 0 Å². The highest BCUT2D eigenvalue weighted by atomic mass is 28.5. The summed E-state index contributed by atoms with van der Waals surface area (Å²) in [6, 6.07) is 0. The van der Waals surface area contributed by atoms with Gasteiger partial charge in [0.15, 0.2) is 16.6 Å². The van der Waals surface area contributed by atoms with Gasteiger partial charge in [-0.3, -0.25) is 19.2 Å². The van der Waals surface area contributed by atoms with Crippen LogP contribution < -0.4 is 0 Å². The summed E-state index contributed by atoms with van der Waals surface area (Å²) < 4.78 is 33.8. The zero-order valence-corrected chi connectivity index (χ0v) is 34.5. The van der Waals surface area contributed by atoms with Gasteiger partial charge >= 0.3 is 41.0 Å². The number of hydrogen-bond donors (Lipinski definition) is 0. The Morgan fingerprint density at radius 3 is 1.31 bits per heavy atom. The van der Waals surface area contributed by atoms with E-state index in [2.05, 4.69) is 39.3 Å². The summed E-state index contributed by atoms with van der Waals surface area (Å²) in [5.41, 5.74) is 1.48. The van der Waals surface area contributed by atoms with Crippen molar-refractivity contribution in [2.24, 2.45) is 47.3 Å².